The highest BCUT2D eigenvalue weighted by Crippen LogP contribution is 2.06. The molecule has 1 nitrogen and oxygen atoms in total. The minimum Gasteiger partial charge on any atom is -0.319 e. The molecule has 0 spiro atoms. The number of hydrogen-bond acceptors (Lipinski definition) is 2. The lowest BCUT2D eigenvalue weighted by molar-refractivity contribution is 0.806. The molecule has 0 aliphatic heterocycles. The first-order valence-electron chi connectivity index (χ1n) is 4.24. The van der Waals surface area contributed by atoms with Crippen LogP contribution in [0.25, 0.3) is 0 Å². The third-order valence-corrected chi connectivity index (χ3v) is 2.39. The Balaban J connectivity index is 2.13. The number of rotatable bonds is 5. The lowest BCUT2D eigenvalue weighted by Crippen LogP contribution is -2.05. The number of thiophene rings is 1. The van der Waals surface area contributed by atoms with Crippen LogP contribution >= 0.6 is 11.3 Å². The molecule has 0 aliphatic carbocycles. The van der Waals surface area contributed by atoms with Crippen molar-refractivity contribution in [1.82, 2.24) is 5.32 Å². The van der Waals surface area contributed by atoms with E-state index in [1.165, 1.54) is 5.56 Å². The van der Waals surface area contributed by atoms with Crippen LogP contribution in [0.3, 0.4) is 0 Å². The maximum absolute atomic E-state index is 3.11. The Morgan fingerprint density at radius 1 is 1.50 bits per heavy atom. The largest absolute Gasteiger partial charge is 0.319 e. The van der Waals surface area contributed by atoms with Crippen molar-refractivity contribution in [2.24, 2.45) is 0 Å². The molecule has 0 bridgehead atoms. The molecule has 1 aromatic rings. The van der Waals surface area contributed by atoms with E-state index in [2.05, 4.69) is 34.3 Å². The van der Waals surface area contributed by atoms with Gasteiger partial charge in [-0.05, 0) is 48.8 Å². The van der Waals surface area contributed by atoms with Crippen LogP contribution in [0.1, 0.15) is 12.0 Å². The van der Waals surface area contributed by atoms with E-state index in [-0.39, 0.29) is 0 Å². The molecule has 1 N–H and O–H groups in total. The van der Waals surface area contributed by atoms with Crippen molar-refractivity contribution in [2.45, 2.75) is 12.8 Å². The van der Waals surface area contributed by atoms with Crippen molar-refractivity contribution in [1.29, 1.82) is 0 Å². The zero-order valence-electron chi connectivity index (χ0n) is 7.42. The lowest BCUT2D eigenvalue weighted by Gasteiger charge is -1.91. The van der Waals surface area contributed by atoms with Gasteiger partial charge in [0.15, 0.2) is 0 Å². The topological polar surface area (TPSA) is 12.0 Å². The second-order valence-electron chi connectivity index (χ2n) is 2.70. The van der Waals surface area contributed by atoms with Crippen molar-refractivity contribution in [3.05, 3.63) is 34.5 Å². The Hall–Kier alpha value is -0.600. The zero-order valence-corrected chi connectivity index (χ0v) is 8.23. The average Bonchev–Trinajstić information content (AvgIpc) is 2.57. The predicted molar refractivity (Wildman–Crippen MR) is 55.7 cm³/mol. The van der Waals surface area contributed by atoms with E-state index < -0.39 is 0 Å². The summed E-state index contributed by atoms with van der Waals surface area (Å²) in [5, 5.41) is 7.43. The van der Waals surface area contributed by atoms with Gasteiger partial charge in [0.25, 0.3) is 0 Å². The summed E-state index contributed by atoms with van der Waals surface area (Å²) in [5.41, 5.74) is 1.42. The lowest BCUT2D eigenvalue weighted by atomic mass is 10.2. The second-order valence-corrected chi connectivity index (χ2v) is 3.48. The first-order valence-corrected chi connectivity index (χ1v) is 5.18. The van der Waals surface area contributed by atoms with Crippen LogP contribution in [0, 0.1) is 0 Å². The molecule has 0 saturated heterocycles. The Labute approximate surface area is 78.1 Å². The van der Waals surface area contributed by atoms with E-state index in [1.807, 2.05) is 7.05 Å². The summed E-state index contributed by atoms with van der Waals surface area (Å²) >= 11 is 1.76. The highest BCUT2D eigenvalue weighted by Gasteiger charge is 1.86. The van der Waals surface area contributed by atoms with Crippen LogP contribution in [-0.4, -0.2) is 13.6 Å². The van der Waals surface area contributed by atoms with Crippen molar-refractivity contribution in [3.63, 3.8) is 0 Å². The fourth-order valence-corrected chi connectivity index (χ4v) is 1.66. The van der Waals surface area contributed by atoms with Gasteiger partial charge in [-0.25, -0.2) is 0 Å². The zero-order chi connectivity index (χ0) is 8.65. The molecule has 0 amide bonds. The van der Waals surface area contributed by atoms with Gasteiger partial charge in [0.05, 0.1) is 0 Å². The summed E-state index contributed by atoms with van der Waals surface area (Å²) < 4.78 is 0. The first-order chi connectivity index (χ1) is 5.93. The average molecular weight is 181 g/mol. The van der Waals surface area contributed by atoms with Gasteiger partial charge in [0.1, 0.15) is 0 Å². The minimum absolute atomic E-state index is 1.07. The van der Waals surface area contributed by atoms with Crippen molar-refractivity contribution in [3.8, 4) is 0 Å². The van der Waals surface area contributed by atoms with Crippen LogP contribution in [-0.2, 0) is 6.42 Å². The van der Waals surface area contributed by atoms with E-state index in [1.54, 1.807) is 11.3 Å². The molecule has 0 saturated carbocycles. The molecular weight excluding hydrogens is 166 g/mol. The molecule has 0 unspecified atom stereocenters. The maximum Gasteiger partial charge on any atom is -0.00173 e. The van der Waals surface area contributed by atoms with E-state index >= 15 is 0 Å². The molecule has 12 heavy (non-hydrogen) atoms. The minimum atomic E-state index is 1.07. The summed E-state index contributed by atoms with van der Waals surface area (Å²) in [6.45, 7) is 1.07. The Bertz CT molecular complexity index is 214. The molecule has 66 valence electrons. The molecule has 2 heteroatoms. The highest BCUT2D eigenvalue weighted by molar-refractivity contribution is 7.07. The number of hydrogen-bond donors (Lipinski definition) is 1. The second kappa shape index (κ2) is 5.98. The molecule has 1 aromatic heterocycles. The van der Waals surface area contributed by atoms with Gasteiger partial charge in [-0.2, -0.15) is 11.3 Å². The Kier molecular flexibility index (Phi) is 4.73. The molecule has 0 atom stereocenters. The van der Waals surface area contributed by atoms with Crippen LogP contribution in [0.15, 0.2) is 29.0 Å². The van der Waals surface area contributed by atoms with E-state index in [0.29, 0.717) is 0 Å². The van der Waals surface area contributed by atoms with E-state index in [9.17, 15) is 0 Å². The first kappa shape index (κ1) is 9.49. The van der Waals surface area contributed by atoms with Gasteiger partial charge < -0.3 is 5.32 Å². The maximum atomic E-state index is 3.11. The SMILES string of the molecule is CNCCC=CCc1ccsc1. The molecule has 0 radical (unpaired) electrons. The summed E-state index contributed by atoms with van der Waals surface area (Å²) in [6, 6.07) is 2.17. The summed E-state index contributed by atoms with van der Waals surface area (Å²) in [6.07, 6.45) is 6.67. The van der Waals surface area contributed by atoms with Gasteiger partial charge in [-0.15, -0.1) is 0 Å². The molecule has 0 fully saturated rings. The molecule has 0 aromatic carbocycles. The van der Waals surface area contributed by atoms with Crippen molar-refractivity contribution < 1.29 is 0 Å². The predicted octanol–water partition coefficient (Wildman–Crippen LogP) is 2.46. The molecule has 1 rings (SSSR count). The highest BCUT2D eigenvalue weighted by atomic mass is 32.1. The van der Waals surface area contributed by atoms with Crippen LogP contribution in [0.4, 0.5) is 0 Å². The van der Waals surface area contributed by atoms with Crippen LogP contribution in [0.5, 0.6) is 0 Å². The van der Waals surface area contributed by atoms with Gasteiger partial charge in [-0.1, -0.05) is 12.2 Å². The molecular formula is C10H15NS. The summed E-state index contributed by atoms with van der Waals surface area (Å²) in [5.74, 6) is 0. The van der Waals surface area contributed by atoms with Gasteiger partial charge in [-0.3, -0.25) is 0 Å². The fourth-order valence-electron chi connectivity index (χ4n) is 0.974. The molecule has 0 aliphatic rings. The summed E-state index contributed by atoms with van der Waals surface area (Å²) in [4.78, 5) is 0. The monoisotopic (exact) mass is 181 g/mol. The van der Waals surface area contributed by atoms with Crippen molar-refractivity contribution >= 4 is 11.3 Å². The quantitative estimate of drug-likeness (QED) is 0.543. The van der Waals surface area contributed by atoms with Crippen LogP contribution < -0.4 is 5.32 Å². The standard InChI is InChI=1S/C10H15NS/c1-11-7-4-2-3-5-10-6-8-12-9-10/h2-3,6,8-9,11H,4-5,7H2,1H3. The van der Waals surface area contributed by atoms with E-state index in [4.69, 9.17) is 0 Å². The Morgan fingerprint density at radius 3 is 3.08 bits per heavy atom. The van der Waals surface area contributed by atoms with Gasteiger partial charge in [0, 0.05) is 0 Å². The van der Waals surface area contributed by atoms with E-state index in [0.717, 1.165) is 19.4 Å². The smallest absolute Gasteiger partial charge is 0.00173 e. The Morgan fingerprint density at radius 2 is 2.42 bits per heavy atom. The summed E-state index contributed by atoms with van der Waals surface area (Å²) in [7, 11) is 1.98. The van der Waals surface area contributed by atoms with Gasteiger partial charge >= 0.3 is 0 Å². The number of allylic oxidation sites excluding steroid dienone is 1. The fraction of sp³-hybridized carbons (Fsp3) is 0.400. The number of nitrogens with one attached hydrogen (secondary N) is 1. The third kappa shape index (κ3) is 3.69. The third-order valence-electron chi connectivity index (χ3n) is 1.66. The van der Waals surface area contributed by atoms with Crippen molar-refractivity contribution in [2.75, 3.05) is 13.6 Å². The van der Waals surface area contributed by atoms with Crippen LogP contribution in [0.2, 0.25) is 0 Å². The molecule has 1 heterocycles. The normalized spacial score (nSPS) is 11.1. The van der Waals surface area contributed by atoms with Gasteiger partial charge in [0.2, 0.25) is 0 Å².